The Labute approximate surface area is 169 Å². The highest BCUT2D eigenvalue weighted by molar-refractivity contribution is 6.06. The first-order valence-corrected chi connectivity index (χ1v) is 10.4. The fraction of sp³-hybridized carbons (Fsp3) is 0.409. The average Bonchev–Trinajstić information content (AvgIpc) is 3.49. The number of aromatic nitrogens is 3. The second kappa shape index (κ2) is 7.48. The van der Waals surface area contributed by atoms with Gasteiger partial charge < -0.3 is 14.9 Å². The number of phenols is 1. The maximum absolute atomic E-state index is 13.6. The van der Waals surface area contributed by atoms with E-state index < -0.39 is 0 Å². The lowest BCUT2D eigenvalue weighted by molar-refractivity contribution is 0.0710. The van der Waals surface area contributed by atoms with Crippen LogP contribution in [-0.2, 0) is 0 Å². The number of amides is 1. The Balaban J connectivity index is 1.49. The molecule has 5 rings (SSSR count). The monoisotopic (exact) mass is 391 g/mol. The third kappa shape index (κ3) is 3.46. The molecular formula is C22H25N5O2. The number of benzene rings is 1. The number of carbonyl (C=O) groups is 1. The molecule has 7 heteroatoms. The van der Waals surface area contributed by atoms with E-state index in [1.807, 2.05) is 11.0 Å². The van der Waals surface area contributed by atoms with E-state index >= 15 is 0 Å². The number of aromatic hydroxyl groups is 1. The maximum atomic E-state index is 13.6. The SMILES string of the molecule is O=C(c1cc(-c2ccc(O)cc2)nc2[nH]ncc12)N1CCCC1CN1CCCC1. The van der Waals surface area contributed by atoms with Crippen molar-refractivity contribution < 1.29 is 9.90 Å². The summed E-state index contributed by atoms with van der Waals surface area (Å²) in [5, 5.41) is 17.4. The minimum Gasteiger partial charge on any atom is -0.508 e. The number of rotatable bonds is 4. The predicted octanol–water partition coefficient (Wildman–Crippen LogP) is 3.03. The third-order valence-electron chi connectivity index (χ3n) is 6.12. The summed E-state index contributed by atoms with van der Waals surface area (Å²) in [4.78, 5) is 22.7. The number of aromatic amines is 1. The Bertz CT molecular complexity index is 1020. The summed E-state index contributed by atoms with van der Waals surface area (Å²) in [5.41, 5.74) is 2.79. The molecular weight excluding hydrogens is 366 g/mol. The molecule has 150 valence electrons. The molecule has 2 aliphatic heterocycles. The molecule has 1 unspecified atom stereocenters. The van der Waals surface area contributed by atoms with Gasteiger partial charge in [-0.15, -0.1) is 0 Å². The van der Waals surface area contributed by atoms with Gasteiger partial charge in [-0.05, 0) is 69.1 Å². The van der Waals surface area contributed by atoms with Gasteiger partial charge in [0, 0.05) is 24.7 Å². The van der Waals surface area contributed by atoms with Crippen LogP contribution in [0.2, 0.25) is 0 Å². The summed E-state index contributed by atoms with van der Waals surface area (Å²) in [6.45, 7) is 4.05. The van der Waals surface area contributed by atoms with Crippen molar-refractivity contribution in [1.82, 2.24) is 25.0 Å². The van der Waals surface area contributed by atoms with E-state index in [1.54, 1.807) is 30.5 Å². The predicted molar refractivity (Wildman–Crippen MR) is 111 cm³/mol. The lowest BCUT2D eigenvalue weighted by Crippen LogP contribution is -2.42. The Morgan fingerprint density at radius 1 is 1.14 bits per heavy atom. The molecule has 1 atom stereocenters. The van der Waals surface area contributed by atoms with Crippen LogP contribution in [0.15, 0.2) is 36.5 Å². The Hall–Kier alpha value is -2.93. The lowest BCUT2D eigenvalue weighted by atomic mass is 10.1. The zero-order chi connectivity index (χ0) is 19.8. The second-order valence-corrected chi connectivity index (χ2v) is 8.04. The number of pyridine rings is 1. The molecule has 2 aromatic heterocycles. The number of nitrogens with zero attached hydrogens (tertiary/aromatic N) is 4. The Morgan fingerprint density at radius 2 is 1.93 bits per heavy atom. The molecule has 2 N–H and O–H groups in total. The second-order valence-electron chi connectivity index (χ2n) is 8.04. The molecule has 0 spiro atoms. The number of hydrogen-bond donors (Lipinski definition) is 2. The molecule has 0 saturated carbocycles. The van der Waals surface area contributed by atoms with Crippen LogP contribution < -0.4 is 0 Å². The van der Waals surface area contributed by atoms with Crippen LogP contribution in [0, 0.1) is 0 Å². The number of fused-ring (bicyclic) bond motifs is 1. The highest BCUT2D eigenvalue weighted by Crippen LogP contribution is 2.29. The van der Waals surface area contributed by atoms with E-state index in [0.29, 0.717) is 16.9 Å². The summed E-state index contributed by atoms with van der Waals surface area (Å²) in [7, 11) is 0. The van der Waals surface area contributed by atoms with Gasteiger partial charge in [-0.3, -0.25) is 9.89 Å². The van der Waals surface area contributed by atoms with E-state index in [2.05, 4.69) is 20.1 Å². The minimum atomic E-state index is 0.0560. The minimum absolute atomic E-state index is 0.0560. The van der Waals surface area contributed by atoms with E-state index in [4.69, 9.17) is 0 Å². The zero-order valence-electron chi connectivity index (χ0n) is 16.3. The van der Waals surface area contributed by atoms with Gasteiger partial charge in [0.25, 0.3) is 5.91 Å². The highest BCUT2D eigenvalue weighted by atomic mass is 16.3. The maximum Gasteiger partial charge on any atom is 0.255 e. The molecule has 2 aliphatic rings. The summed E-state index contributed by atoms with van der Waals surface area (Å²) in [5.74, 6) is 0.259. The first kappa shape index (κ1) is 18.1. The van der Waals surface area contributed by atoms with Crippen molar-refractivity contribution in [3.63, 3.8) is 0 Å². The summed E-state index contributed by atoms with van der Waals surface area (Å²) in [6.07, 6.45) is 6.32. The molecule has 29 heavy (non-hydrogen) atoms. The topological polar surface area (TPSA) is 85.3 Å². The fourth-order valence-corrected chi connectivity index (χ4v) is 4.60. The quantitative estimate of drug-likeness (QED) is 0.714. The van der Waals surface area contributed by atoms with Gasteiger partial charge in [-0.1, -0.05) is 0 Å². The molecule has 1 amide bonds. The van der Waals surface area contributed by atoms with E-state index in [0.717, 1.165) is 50.0 Å². The van der Waals surface area contributed by atoms with Crippen molar-refractivity contribution in [2.75, 3.05) is 26.2 Å². The lowest BCUT2D eigenvalue weighted by Gasteiger charge is -2.28. The number of nitrogens with one attached hydrogen (secondary N) is 1. The van der Waals surface area contributed by atoms with Crippen molar-refractivity contribution in [3.05, 3.63) is 42.1 Å². The average molecular weight is 391 g/mol. The van der Waals surface area contributed by atoms with E-state index in [9.17, 15) is 9.90 Å². The van der Waals surface area contributed by atoms with Crippen LogP contribution in [0.4, 0.5) is 0 Å². The first-order chi connectivity index (χ1) is 14.2. The Kier molecular flexibility index (Phi) is 4.67. The molecule has 0 aliphatic carbocycles. The molecule has 2 saturated heterocycles. The van der Waals surface area contributed by atoms with Gasteiger partial charge in [0.15, 0.2) is 5.65 Å². The Morgan fingerprint density at radius 3 is 2.72 bits per heavy atom. The van der Waals surface area contributed by atoms with Crippen LogP contribution >= 0.6 is 0 Å². The van der Waals surface area contributed by atoms with Gasteiger partial charge >= 0.3 is 0 Å². The third-order valence-corrected chi connectivity index (χ3v) is 6.12. The van der Waals surface area contributed by atoms with Gasteiger partial charge in [0.1, 0.15) is 5.75 Å². The molecule has 3 aromatic rings. The van der Waals surface area contributed by atoms with Crippen molar-refractivity contribution >= 4 is 16.9 Å². The number of phenolic OH excluding ortho intramolecular Hbond substituents is 1. The van der Waals surface area contributed by atoms with Gasteiger partial charge in [0.2, 0.25) is 0 Å². The van der Waals surface area contributed by atoms with Crippen LogP contribution in [0.25, 0.3) is 22.3 Å². The first-order valence-electron chi connectivity index (χ1n) is 10.4. The van der Waals surface area contributed by atoms with Crippen molar-refractivity contribution in [1.29, 1.82) is 0 Å². The number of H-pyrrole nitrogens is 1. The molecule has 2 fully saturated rings. The molecule has 4 heterocycles. The van der Waals surface area contributed by atoms with Crippen molar-refractivity contribution in [2.45, 2.75) is 31.7 Å². The molecule has 0 radical (unpaired) electrons. The van der Waals surface area contributed by atoms with Crippen LogP contribution in [0.1, 0.15) is 36.0 Å². The number of hydrogen-bond acceptors (Lipinski definition) is 5. The largest absolute Gasteiger partial charge is 0.508 e. The van der Waals surface area contributed by atoms with Crippen LogP contribution in [0.5, 0.6) is 5.75 Å². The van der Waals surface area contributed by atoms with Gasteiger partial charge in [-0.2, -0.15) is 5.10 Å². The molecule has 7 nitrogen and oxygen atoms in total. The number of likely N-dealkylation sites (tertiary alicyclic amines) is 2. The summed E-state index contributed by atoms with van der Waals surface area (Å²) >= 11 is 0. The molecule has 1 aromatic carbocycles. The van der Waals surface area contributed by atoms with Gasteiger partial charge in [0.05, 0.1) is 22.8 Å². The van der Waals surface area contributed by atoms with E-state index in [-0.39, 0.29) is 17.7 Å². The summed E-state index contributed by atoms with van der Waals surface area (Å²) in [6, 6.07) is 9.00. The smallest absolute Gasteiger partial charge is 0.255 e. The van der Waals surface area contributed by atoms with Crippen molar-refractivity contribution in [3.8, 4) is 17.0 Å². The zero-order valence-corrected chi connectivity index (χ0v) is 16.3. The number of carbonyl (C=O) groups excluding carboxylic acids is 1. The van der Waals surface area contributed by atoms with Crippen LogP contribution in [0.3, 0.4) is 0 Å². The highest BCUT2D eigenvalue weighted by Gasteiger charge is 2.32. The van der Waals surface area contributed by atoms with E-state index in [1.165, 1.54) is 12.8 Å². The fourth-order valence-electron chi connectivity index (χ4n) is 4.60. The van der Waals surface area contributed by atoms with Gasteiger partial charge in [-0.25, -0.2) is 4.98 Å². The van der Waals surface area contributed by atoms with Crippen LogP contribution in [-0.4, -0.2) is 68.2 Å². The normalized spacial score (nSPS) is 20.0. The molecule has 0 bridgehead atoms. The summed E-state index contributed by atoms with van der Waals surface area (Å²) < 4.78 is 0. The van der Waals surface area contributed by atoms with Crippen molar-refractivity contribution in [2.24, 2.45) is 0 Å². The standard InChI is InChI=1S/C22H25N5O2/c28-17-7-5-15(6-8-17)20-12-18(19-13-23-25-21(19)24-20)22(29)27-11-3-4-16(27)14-26-9-1-2-10-26/h5-8,12-13,16,28H,1-4,9-11,14H2,(H,23,24,25).